The molecule has 1 aromatic carbocycles. The van der Waals surface area contributed by atoms with Crippen molar-refractivity contribution in [3.63, 3.8) is 0 Å². The van der Waals surface area contributed by atoms with Gasteiger partial charge in [-0.3, -0.25) is 0 Å². The van der Waals surface area contributed by atoms with Crippen molar-refractivity contribution in [2.45, 2.75) is 78.9 Å². The van der Waals surface area contributed by atoms with Gasteiger partial charge in [0.1, 0.15) is 0 Å². The first-order valence-corrected chi connectivity index (χ1v) is 9.90. The predicted octanol–water partition coefficient (Wildman–Crippen LogP) is -0.465. The summed E-state index contributed by atoms with van der Waals surface area (Å²) in [6, 6.07) is 2.53. The third kappa shape index (κ3) is 13.3. The van der Waals surface area contributed by atoms with Crippen molar-refractivity contribution in [2.75, 3.05) is 0 Å². The Morgan fingerprint density at radius 3 is 1.59 bits per heavy atom. The molecule has 22 heavy (non-hydrogen) atoms. The van der Waals surface area contributed by atoms with E-state index < -0.39 is 0 Å². The number of halogens is 2. The molecule has 1 N–H and O–H groups in total. The Hall–Kier alpha value is 0.821. The average molecular weight is 397 g/mol. The zero-order valence-electron chi connectivity index (χ0n) is 15.0. The van der Waals surface area contributed by atoms with Gasteiger partial charge in [0.15, 0.2) is 0 Å². The van der Waals surface area contributed by atoms with E-state index in [0.29, 0.717) is 0 Å². The van der Waals surface area contributed by atoms with Crippen LogP contribution in [0.3, 0.4) is 0 Å². The van der Waals surface area contributed by atoms with Crippen molar-refractivity contribution in [1.82, 2.24) is 0 Å². The van der Waals surface area contributed by atoms with Gasteiger partial charge in [-0.1, -0.05) is 72.9 Å². The molecule has 0 aliphatic heterocycles. The van der Waals surface area contributed by atoms with Gasteiger partial charge in [0.2, 0.25) is 0 Å². The molecule has 0 amide bonds. The van der Waals surface area contributed by atoms with E-state index >= 15 is 0 Å². The van der Waals surface area contributed by atoms with E-state index in [2.05, 4.69) is 46.9 Å². The Balaban J connectivity index is -0.000000114. The molecule has 0 unspecified atom stereocenters. The quantitative estimate of drug-likeness (QED) is 0.418. The average Bonchev–Trinajstić information content (AvgIpc) is 2.59. The summed E-state index contributed by atoms with van der Waals surface area (Å²) < 4.78 is 0. The molecule has 1 radical (unpaired) electrons. The van der Waals surface area contributed by atoms with Crippen LogP contribution in [0.25, 0.3) is 5.73 Å². The number of hydrogen-bond donors (Lipinski definition) is 0. The van der Waals surface area contributed by atoms with Crippen LogP contribution in [0.5, 0.6) is 0 Å². The minimum absolute atomic E-state index is 0. The van der Waals surface area contributed by atoms with E-state index in [9.17, 15) is 0 Å². The maximum Gasteiger partial charge on any atom is 4.00 e. The van der Waals surface area contributed by atoms with Crippen LogP contribution >= 0.6 is 0 Å². The predicted molar refractivity (Wildman–Crippen MR) is 91.1 cm³/mol. The van der Waals surface area contributed by atoms with Gasteiger partial charge in [-0.05, 0) is 0 Å². The van der Waals surface area contributed by atoms with Gasteiger partial charge in [-0.2, -0.15) is 28.3 Å². The first-order valence-electron chi connectivity index (χ1n) is 7.59. The van der Waals surface area contributed by atoms with Crippen LogP contribution in [-0.4, -0.2) is 15.6 Å². The third-order valence-corrected chi connectivity index (χ3v) is 3.78. The van der Waals surface area contributed by atoms with Crippen molar-refractivity contribution in [1.29, 1.82) is 0 Å². The van der Waals surface area contributed by atoms with Crippen LogP contribution in [0.1, 0.15) is 54.4 Å². The zero-order chi connectivity index (χ0) is 14.8. The summed E-state index contributed by atoms with van der Waals surface area (Å²) in [6.45, 7) is 13.1. The summed E-state index contributed by atoms with van der Waals surface area (Å²) in [6.07, 6.45) is 6.28. The second-order valence-corrected chi connectivity index (χ2v) is 6.83. The van der Waals surface area contributed by atoms with Gasteiger partial charge >= 0.3 is 21.7 Å². The molecule has 1 nitrogen and oxygen atoms in total. The van der Waals surface area contributed by atoms with E-state index in [1.54, 1.807) is 0 Å². The second-order valence-electron chi connectivity index (χ2n) is 5.67. The van der Waals surface area contributed by atoms with Gasteiger partial charge in [0.05, 0.1) is 0 Å². The van der Waals surface area contributed by atoms with Crippen molar-refractivity contribution < 1.29 is 46.5 Å². The topological polar surface area (TPSA) is 23.8 Å². The summed E-state index contributed by atoms with van der Waals surface area (Å²) in [5, 5.41) is 0. The van der Waals surface area contributed by atoms with Gasteiger partial charge < -0.3 is 30.5 Å². The normalized spacial score (nSPS) is 13.0. The molecule has 1 aliphatic carbocycles. The van der Waals surface area contributed by atoms with E-state index in [-0.39, 0.29) is 52.6 Å². The molecule has 0 saturated heterocycles. The van der Waals surface area contributed by atoms with E-state index in [4.69, 9.17) is 5.73 Å². The Labute approximate surface area is 168 Å². The van der Waals surface area contributed by atoms with Gasteiger partial charge in [0.25, 0.3) is 0 Å². The molecule has 0 aromatic heterocycles. The Morgan fingerprint density at radius 1 is 1.05 bits per heavy atom. The van der Waals surface area contributed by atoms with Crippen molar-refractivity contribution in [3.05, 3.63) is 34.1 Å². The van der Waals surface area contributed by atoms with Crippen LogP contribution in [0.4, 0.5) is 0 Å². The molecular weight excluding hydrogens is 365 g/mol. The van der Waals surface area contributed by atoms with Crippen LogP contribution in [-0.2, 0) is 21.7 Å². The Morgan fingerprint density at radius 2 is 1.45 bits per heavy atom. The number of hydrogen-bond acceptors (Lipinski definition) is 0. The maximum atomic E-state index is 7.27. The van der Waals surface area contributed by atoms with Crippen molar-refractivity contribution in [2.24, 2.45) is 0 Å². The summed E-state index contributed by atoms with van der Waals surface area (Å²) in [7, 11) is 0.750. The first kappa shape index (κ1) is 30.7. The molecule has 1 aliphatic rings. The number of nitrogens with one attached hydrogen (secondary N) is 1. The zero-order valence-corrected chi connectivity index (χ0v) is 19.3. The second kappa shape index (κ2) is 18.2. The molecule has 0 bridgehead atoms. The van der Waals surface area contributed by atoms with Crippen LogP contribution in [0.2, 0.25) is 13.1 Å². The third-order valence-electron chi connectivity index (χ3n) is 3.78. The number of rotatable bonds is 0. The summed E-state index contributed by atoms with van der Waals surface area (Å²) in [5.41, 5.74) is 13.0. The molecule has 127 valence electrons. The Bertz CT molecular complexity index is 328. The summed E-state index contributed by atoms with van der Waals surface area (Å²) >= 11 is 0. The van der Waals surface area contributed by atoms with Gasteiger partial charge in [-0.25, -0.2) is 0 Å². The van der Waals surface area contributed by atoms with Crippen LogP contribution in [0.15, 0.2) is 6.07 Å². The fraction of sp³-hybridized carbons (Fsp3) is 0.706. The standard InChI is InChI=1S/C9H13.C6H12N.C2H7Si.2ClH.Ti/c1-6-5-7(2)9(4)8(6)3;7-6-4-2-1-3-5-6;1-3-2;;;/h5H,1-4H3;6-7H,1-5H2;3H,1-2H3;2*1H;/q2*-1;;;;+4/p-2. The monoisotopic (exact) mass is 396 g/mol. The van der Waals surface area contributed by atoms with Gasteiger partial charge in [0, 0.05) is 9.52 Å². The SMILES string of the molecule is C[SiH]C.Cc1c[c-](C)c(C)c1C.[Cl-].[Cl-].[NH-]C1CCCCC1.[Ti+4]. The smallest absolute Gasteiger partial charge is 1.00 e. The van der Waals surface area contributed by atoms with Crippen LogP contribution < -0.4 is 24.8 Å². The summed E-state index contributed by atoms with van der Waals surface area (Å²) in [4.78, 5) is 0. The molecule has 1 aromatic rings. The number of aryl methyl sites for hydroxylation is 2. The van der Waals surface area contributed by atoms with E-state index in [0.717, 1.165) is 22.4 Å². The fourth-order valence-electron chi connectivity index (χ4n) is 2.24. The summed E-state index contributed by atoms with van der Waals surface area (Å²) in [5.74, 6) is 0. The fourth-order valence-corrected chi connectivity index (χ4v) is 2.24. The van der Waals surface area contributed by atoms with E-state index in [1.807, 2.05) is 0 Å². The molecule has 5 heteroatoms. The molecule has 0 heterocycles. The Kier molecular flexibility index (Phi) is 25.3. The largest absolute Gasteiger partial charge is 4.00 e. The molecule has 0 atom stereocenters. The first-order chi connectivity index (χ1) is 8.93. The molecule has 1 saturated carbocycles. The minimum atomic E-state index is 0. The molecule has 1 fully saturated rings. The van der Waals surface area contributed by atoms with Crippen molar-refractivity contribution in [3.8, 4) is 0 Å². The van der Waals surface area contributed by atoms with Crippen molar-refractivity contribution >= 4 is 9.52 Å². The van der Waals surface area contributed by atoms with Crippen LogP contribution in [0, 0.1) is 27.7 Å². The van der Waals surface area contributed by atoms with Gasteiger partial charge in [-0.15, -0.1) is 6.04 Å². The maximum absolute atomic E-state index is 7.27. The minimum Gasteiger partial charge on any atom is -1.00 e. The molecular formula is C17H32Cl2NSiTi. The molecule has 0 spiro atoms. The van der Waals surface area contributed by atoms with E-state index in [1.165, 1.54) is 41.5 Å². The molecule has 2 rings (SSSR count).